The summed E-state index contributed by atoms with van der Waals surface area (Å²) in [5.41, 5.74) is 6.58. The van der Waals surface area contributed by atoms with Gasteiger partial charge in [0, 0.05) is 30.5 Å². The number of hydrogen-bond donors (Lipinski definition) is 1. The molecule has 0 fully saturated rings. The van der Waals surface area contributed by atoms with Crippen molar-refractivity contribution in [3.8, 4) is 16.9 Å². The SMILES string of the molecule is C[C@H](Oc1cc(-c2cnn(C)c2)cc2ncnc(Nc3ccc4ncsc4c3)c12)[C@@H](C)N(C)C. The van der Waals surface area contributed by atoms with Crippen LogP contribution in [0.5, 0.6) is 5.75 Å². The van der Waals surface area contributed by atoms with Gasteiger partial charge in [0.15, 0.2) is 0 Å². The largest absolute Gasteiger partial charge is 0.488 e. The fourth-order valence-electron chi connectivity index (χ4n) is 3.87. The standard InChI is InChI=1S/C25H27N7OS/c1-15(31(3)4)16(2)33-22-9-17(18-11-29-32(5)12-18)8-21-24(22)25(27-13-26-21)30-19-6-7-20-23(10-19)34-14-28-20/h6-16H,1-5H3,(H,26,27,30)/t15-,16+/m1/s1. The molecule has 5 aromatic rings. The third-order valence-electron chi connectivity index (χ3n) is 6.14. The van der Waals surface area contributed by atoms with Crippen LogP contribution < -0.4 is 10.1 Å². The van der Waals surface area contributed by atoms with Gasteiger partial charge in [-0.2, -0.15) is 5.10 Å². The molecule has 2 atom stereocenters. The van der Waals surface area contributed by atoms with E-state index in [1.54, 1.807) is 22.3 Å². The number of aryl methyl sites for hydroxylation is 1. The number of ether oxygens (including phenoxy) is 1. The Balaban J connectivity index is 1.62. The zero-order valence-corrected chi connectivity index (χ0v) is 20.7. The maximum absolute atomic E-state index is 6.56. The van der Waals surface area contributed by atoms with Gasteiger partial charge in [0.2, 0.25) is 0 Å². The molecular weight excluding hydrogens is 446 g/mol. The number of fused-ring (bicyclic) bond motifs is 2. The topological polar surface area (TPSA) is 81.0 Å². The van der Waals surface area contributed by atoms with Crippen molar-refractivity contribution in [2.45, 2.75) is 26.0 Å². The molecule has 0 spiro atoms. The van der Waals surface area contributed by atoms with Crippen LogP contribution in [-0.2, 0) is 7.05 Å². The monoisotopic (exact) mass is 473 g/mol. The molecule has 0 aliphatic heterocycles. The quantitative estimate of drug-likeness (QED) is 0.352. The van der Waals surface area contributed by atoms with Crippen molar-refractivity contribution in [1.29, 1.82) is 0 Å². The lowest BCUT2D eigenvalue weighted by Gasteiger charge is -2.28. The van der Waals surface area contributed by atoms with E-state index in [2.05, 4.69) is 76.4 Å². The van der Waals surface area contributed by atoms with Gasteiger partial charge >= 0.3 is 0 Å². The Labute approximate surface area is 202 Å². The van der Waals surface area contributed by atoms with Gasteiger partial charge in [-0.15, -0.1) is 11.3 Å². The van der Waals surface area contributed by atoms with E-state index in [9.17, 15) is 0 Å². The summed E-state index contributed by atoms with van der Waals surface area (Å²) in [6, 6.07) is 10.4. The molecule has 5 rings (SSSR count). The van der Waals surface area contributed by atoms with Crippen molar-refractivity contribution < 1.29 is 4.74 Å². The molecule has 0 saturated heterocycles. The van der Waals surface area contributed by atoms with E-state index in [4.69, 9.17) is 4.74 Å². The van der Waals surface area contributed by atoms with Crippen LogP contribution in [0.15, 0.2) is 54.6 Å². The highest BCUT2D eigenvalue weighted by molar-refractivity contribution is 7.16. The minimum Gasteiger partial charge on any atom is -0.488 e. The van der Waals surface area contributed by atoms with Gasteiger partial charge < -0.3 is 15.0 Å². The molecule has 2 aromatic carbocycles. The summed E-state index contributed by atoms with van der Waals surface area (Å²) in [5.74, 6) is 1.44. The Morgan fingerprint density at radius 2 is 1.88 bits per heavy atom. The van der Waals surface area contributed by atoms with Gasteiger partial charge in [-0.25, -0.2) is 15.0 Å². The third kappa shape index (κ3) is 4.32. The van der Waals surface area contributed by atoms with Gasteiger partial charge in [-0.05, 0) is 63.8 Å². The molecule has 0 saturated carbocycles. The Kier molecular flexibility index (Phi) is 5.89. The fourth-order valence-corrected chi connectivity index (χ4v) is 4.58. The second-order valence-electron chi connectivity index (χ2n) is 8.68. The van der Waals surface area contributed by atoms with E-state index in [0.29, 0.717) is 5.82 Å². The number of nitrogens with zero attached hydrogens (tertiary/aromatic N) is 6. The minimum absolute atomic E-state index is 0.0519. The van der Waals surface area contributed by atoms with Crippen LogP contribution in [-0.4, -0.2) is 55.9 Å². The zero-order chi connectivity index (χ0) is 23.8. The predicted octanol–water partition coefficient (Wildman–Crippen LogP) is 5.10. The van der Waals surface area contributed by atoms with Gasteiger partial charge in [0.25, 0.3) is 0 Å². The number of likely N-dealkylation sites (N-methyl/N-ethyl adjacent to an activating group) is 1. The van der Waals surface area contributed by atoms with E-state index in [0.717, 1.165) is 43.7 Å². The lowest BCUT2D eigenvalue weighted by Crippen LogP contribution is -2.38. The summed E-state index contributed by atoms with van der Waals surface area (Å²) in [5, 5.41) is 8.65. The predicted molar refractivity (Wildman–Crippen MR) is 138 cm³/mol. The Morgan fingerprint density at radius 3 is 2.65 bits per heavy atom. The molecule has 0 aliphatic carbocycles. The van der Waals surface area contributed by atoms with Gasteiger partial charge in [-0.1, -0.05) is 0 Å². The van der Waals surface area contributed by atoms with Crippen molar-refractivity contribution in [3.63, 3.8) is 0 Å². The lowest BCUT2D eigenvalue weighted by atomic mass is 10.1. The summed E-state index contributed by atoms with van der Waals surface area (Å²) in [6.45, 7) is 4.24. The van der Waals surface area contributed by atoms with E-state index < -0.39 is 0 Å². The molecule has 0 radical (unpaired) electrons. The summed E-state index contributed by atoms with van der Waals surface area (Å²) in [7, 11) is 6.02. The van der Waals surface area contributed by atoms with Crippen LogP contribution in [0.1, 0.15) is 13.8 Å². The molecule has 0 aliphatic rings. The van der Waals surface area contributed by atoms with E-state index in [1.165, 1.54) is 0 Å². The normalized spacial score (nSPS) is 13.5. The maximum Gasteiger partial charge on any atom is 0.145 e. The smallest absolute Gasteiger partial charge is 0.145 e. The van der Waals surface area contributed by atoms with Crippen LogP contribution >= 0.6 is 11.3 Å². The third-order valence-corrected chi connectivity index (χ3v) is 6.93. The number of nitrogens with one attached hydrogen (secondary N) is 1. The highest BCUT2D eigenvalue weighted by atomic mass is 32.1. The Hall–Kier alpha value is -3.56. The van der Waals surface area contributed by atoms with Crippen LogP contribution in [0.3, 0.4) is 0 Å². The fraction of sp³-hybridized carbons (Fsp3) is 0.280. The molecular formula is C25H27N7OS. The lowest BCUT2D eigenvalue weighted by molar-refractivity contribution is 0.123. The van der Waals surface area contributed by atoms with Crippen LogP contribution in [0, 0.1) is 0 Å². The summed E-state index contributed by atoms with van der Waals surface area (Å²) < 4.78 is 9.47. The molecule has 1 N–H and O–H groups in total. The van der Waals surface area contributed by atoms with Gasteiger partial charge in [-0.3, -0.25) is 4.68 Å². The highest BCUT2D eigenvalue weighted by Gasteiger charge is 2.20. The zero-order valence-electron chi connectivity index (χ0n) is 19.9. The number of benzene rings is 2. The molecule has 0 bridgehead atoms. The first-order chi connectivity index (χ1) is 16.4. The molecule has 0 amide bonds. The van der Waals surface area contributed by atoms with Crippen LogP contribution in [0.2, 0.25) is 0 Å². The first-order valence-corrected chi connectivity index (χ1v) is 12.0. The molecule has 0 unspecified atom stereocenters. The summed E-state index contributed by atoms with van der Waals surface area (Å²) in [4.78, 5) is 15.7. The summed E-state index contributed by atoms with van der Waals surface area (Å²) in [6.07, 6.45) is 5.37. The molecule has 174 valence electrons. The molecule has 34 heavy (non-hydrogen) atoms. The van der Waals surface area contributed by atoms with Crippen LogP contribution in [0.4, 0.5) is 11.5 Å². The van der Waals surface area contributed by atoms with Crippen LogP contribution in [0.25, 0.3) is 32.2 Å². The first-order valence-electron chi connectivity index (χ1n) is 11.1. The van der Waals surface area contributed by atoms with Crippen molar-refractivity contribution in [3.05, 3.63) is 54.6 Å². The maximum atomic E-state index is 6.56. The highest BCUT2D eigenvalue weighted by Crippen LogP contribution is 2.37. The van der Waals surface area contributed by atoms with Crippen molar-refractivity contribution in [2.75, 3.05) is 19.4 Å². The summed E-state index contributed by atoms with van der Waals surface area (Å²) >= 11 is 1.61. The minimum atomic E-state index is -0.0519. The number of thiazole rings is 1. The Bertz CT molecular complexity index is 1460. The average molecular weight is 474 g/mol. The first kappa shape index (κ1) is 22.2. The van der Waals surface area contributed by atoms with E-state index in [1.807, 2.05) is 37.1 Å². The number of anilines is 2. The van der Waals surface area contributed by atoms with E-state index >= 15 is 0 Å². The second-order valence-corrected chi connectivity index (χ2v) is 9.57. The van der Waals surface area contributed by atoms with E-state index in [-0.39, 0.29) is 12.1 Å². The van der Waals surface area contributed by atoms with Gasteiger partial charge in [0.05, 0.1) is 32.8 Å². The van der Waals surface area contributed by atoms with Crippen molar-refractivity contribution in [1.82, 2.24) is 29.6 Å². The average Bonchev–Trinajstić information content (AvgIpc) is 3.46. The molecule has 8 nitrogen and oxygen atoms in total. The molecule has 3 aromatic heterocycles. The molecule has 3 heterocycles. The Morgan fingerprint density at radius 1 is 1.03 bits per heavy atom. The number of hydrogen-bond acceptors (Lipinski definition) is 8. The second kappa shape index (κ2) is 9.00. The van der Waals surface area contributed by atoms with Gasteiger partial charge in [0.1, 0.15) is 24.0 Å². The number of aromatic nitrogens is 5. The van der Waals surface area contributed by atoms with Crippen molar-refractivity contribution in [2.24, 2.45) is 7.05 Å². The molecule has 9 heteroatoms. The number of rotatable bonds is 7. The van der Waals surface area contributed by atoms with Crippen molar-refractivity contribution >= 4 is 44.0 Å².